The summed E-state index contributed by atoms with van der Waals surface area (Å²) >= 11 is 1.03. The van der Waals surface area contributed by atoms with Gasteiger partial charge in [-0.3, -0.25) is 4.79 Å². The van der Waals surface area contributed by atoms with Gasteiger partial charge in [0, 0.05) is 23.3 Å². The molecule has 0 radical (unpaired) electrons. The Hall–Kier alpha value is -1.89. The van der Waals surface area contributed by atoms with Gasteiger partial charge in [-0.25, -0.2) is 4.98 Å². The lowest BCUT2D eigenvalue weighted by molar-refractivity contribution is -0.136. The van der Waals surface area contributed by atoms with Crippen LogP contribution in [0.4, 0.5) is 13.2 Å². The van der Waals surface area contributed by atoms with Gasteiger partial charge in [0.05, 0.1) is 17.1 Å². The first kappa shape index (κ1) is 15.5. The van der Waals surface area contributed by atoms with Crippen LogP contribution < -0.4 is 0 Å². The molecule has 3 nitrogen and oxygen atoms in total. The van der Waals surface area contributed by atoms with Gasteiger partial charge in [0.15, 0.2) is 0 Å². The molecule has 2 aromatic rings. The van der Waals surface area contributed by atoms with Gasteiger partial charge in [-0.1, -0.05) is 30.3 Å². The van der Waals surface area contributed by atoms with Crippen molar-refractivity contribution in [3.63, 3.8) is 0 Å². The number of nitrogens with zero attached hydrogens (tertiary/aromatic N) is 1. The van der Waals surface area contributed by atoms with Crippen LogP contribution in [0.3, 0.4) is 0 Å². The van der Waals surface area contributed by atoms with Gasteiger partial charge in [0.1, 0.15) is 0 Å². The van der Waals surface area contributed by atoms with Gasteiger partial charge in [-0.15, -0.1) is 11.3 Å². The quantitative estimate of drug-likeness (QED) is 0.909. The molecule has 0 atom stereocenters. The number of carboxylic acids is 1. The van der Waals surface area contributed by atoms with E-state index in [1.165, 1.54) is 0 Å². The third-order valence-electron chi connectivity index (χ3n) is 2.72. The number of hydrogen-bond acceptors (Lipinski definition) is 3. The van der Waals surface area contributed by atoms with E-state index in [0.29, 0.717) is 21.1 Å². The number of carboxylic acid groups (broad SMARTS) is 1. The molecule has 0 aliphatic rings. The van der Waals surface area contributed by atoms with Crippen LogP contribution in [0.5, 0.6) is 0 Å². The fraction of sp³-hybridized carbons (Fsp3) is 0.286. The van der Waals surface area contributed by atoms with Crippen molar-refractivity contribution in [2.75, 3.05) is 0 Å². The minimum atomic E-state index is -4.24. The first-order valence-corrected chi connectivity index (χ1v) is 6.99. The standard InChI is InChI=1S/C14H12F3NO2S/c15-14(16,17)7-6-11-18-13(9-4-2-1-3-5-9)10(21-11)8-12(19)20/h1-5H,6-8H2,(H,19,20). The number of carbonyl (C=O) groups is 1. The minimum absolute atomic E-state index is 0.229. The van der Waals surface area contributed by atoms with Gasteiger partial charge in [-0.05, 0) is 0 Å². The van der Waals surface area contributed by atoms with Gasteiger partial charge < -0.3 is 5.11 Å². The van der Waals surface area contributed by atoms with Gasteiger partial charge in [0.2, 0.25) is 0 Å². The Balaban J connectivity index is 2.29. The fourth-order valence-electron chi connectivity index (χ4n) is 1.83. The van der Waals surface area contributed by atoms with E-state index in [-0.39, 0.29) is 12.8 Å². The van der Waals surface area contributed by atoms with E-state index in [1.54, 1.807) is 30.3 Å². The van der Waals surface area contributed by atoms with Crippen molar-refractivity contribution in [3.05, 3.63) is 40.2 Å². The van der Waals surface area contributed by atoms with Crippen LogP contribution in [0, 0.1) is 0 Å². The summed E-state index contributed by atoms with van der Waals surface area (Å²) in [5.41, 5.74) is 1.17. The molecular weight excluding hydrogens is 303 g/mol. The summed E-state index contributed by atoms with van der Waals surface area (Å²) in [6.07, 6.45) is -5.67. The molecule has 1 aromatic carbocycles. The normalized spacial score (nSPS) is 11.6. The average Bonchev–Trinajstić information content (AvgIpc) is 2.79. The van der Waals surface area contributed by atoms with E-state index in [0.717, 1.165) is 11.3 Å². The second kappa shape index (κ2) is 6.26. The molecule has 0 saturated carbocycles. The highest BCUT2D eigenvalue weighted by atomic mass is 32.1. The molecule has 1 N–H and O–H groups in total. The van der Waals surface area contributed by atoms with Crippen LogP contribution in [-0.4, -0.2) is 22.2 Å². The Morgan fingerprint density at radius 2 is 1.90 bits per heavy atom. The minimum Gasteiger partial charge on any atom is -0.481 e. The number of aromatic nitrogens is 1. The van der Waals surface area contributed by atoms with Crippen LogP contribution in [0.1, 0.15) is 16.3 Å². The second-order valence-corrected chi connectivity index (χ2v) is 5.60. The maximum atomic E-state index is 12.3. The first-order valence-electron chi connectivity index (χ1n) is 6.18. The molecule has 21 heavy (non-hydrogen) atoms. The number of aliphatic carboxylic acids is 1. The Kier molecular flexibility index (Phi) is 4.62. The third kappa shape index (κ3) is 4.56. The number of benzene rings is 1. The SMILES string of the molecule is O=C(O)Cc1sc(CCC(F)(F)F)nc1-c1ccccc1. The van der Waals surface area contributed by atoms with Crippen molar-refractivity contribution in [2.45, 2.75) is 25.4 Å². The number of alkyl halides is 3. The summed E-state index contributed by atoms with van der Waals surface area (Å²) in [7, 11) is 0. The Bertz CT molecular complexity index is 623. The lowest BCUT2D eigenvalue weighted by atomic mass is 10.1. The van der Waals surface area contributed by atoms with E-state index in [4.69, 9.17) is 5.11 Å². The molecule has 7 heteroatoms. The number of hydrogen-bond donors (Lipinski definition) is 1. The van der Waals surface area contributed by atoms with Crippen molar-refractivity contribution in [3.8, 4) is 11.3 Å². The largest absolute Gasteiger partial charge is 0.481 e. The highest BCUT2D eigenvalue weighted by Gasteiger charge is 2.27. The molecule has 0 bridgehead atoms. The summed E-state index contributed by atoms with van der Waals surface area (Å²) in [5, 5.41) is 9.21. The molecule has 0 saturated heterocycles. The molecule has 0 spiro atoms. The molecule has 0 aliphatic heterocycles. The van der Waals surface area contributed by atoms with Gasteiger partial charge >= 0.3 is 12.1 Å². The van der Waals surface area contributed by atoms with Gasteiger partial charge in [-0.2, -0.15) is 13.2 Å². The number of halogens is 3. The zero-order valence-electron chi connectivity index (χ0n) is 10.9. The molecule has 0 aliphatic carbocycles. The van der Waals surface area contributed by atoms with Crippen molar-refractivity contribution >= 4 is 17.3 Å². The first-order chi connectivity index (χ1) is 9.85. The lowest BCUT2D eigenvalue weighted by Crippen LogP contribution is -2.08. The summed E-state index contributed by atoms with van der Waals surface area (Å²) in [4.78, 5) is 15.5. The molecule has 1 aromatic heterocycles. The Morgan fingerprint density at radius 1 is 1.24 bits per heavy atom. The smallest absolute Gasteiger partial charge is 0.389 e. The summed E-state index contributed by atoms with van der Waals surface area (Å²) in [5.74, 6) is -1.03. The van der Waals surface area contributed by atoms with E-state index in [1.807, 2.05) is 0 Å². The van der Waals surface area contributed by atoms with E-state index in [9.17, 15) is 18.0 Å². The summed E-state index contributed by atoms with van der Waals surface area (Å²) in [6.45, 7) is 0. The van der Waals surface area contributed by atoms with E-state index in [2.05, 4.69) is 4.98 Å². The third-order valence-corrected chi connectivity index (χ3v) is 3.84. The summed E-state index contributed by atoms with van der Waals surface area (Å²) in [6, 6.07) is 8.86. The topological polar surface area (TPSA) is 50.2 Å². The molecule has 0 unspecified atom stereocenters. The zero-order valence-corrected chi connectivity index (χ0v) is 11.7. The monoisotopic (exact) mass is 315 g/mol. The maximum absolute atomic E-state index is 12.3. The van der Waals surface area contributed by atoms with E-state index < -0.39 is 18.6 Å². The molecule has 2 rings (SSSR count). The zero-order chi connectivity index (χ0) is 15.5. The van der Waals surface area contributed by atoms with Crippen molar-refractivity contribution in [2.24, 2.45) is 0 Å². The van der Waals surface area contributed by atoms with E-state index >= 15 is 0 Å². The second-order valence-electron chi connectivity index (χ2n) is 4.43. The fourth-order valence-corrected chi connectivity index (χ4v) is 2.92. The highest BCUT2D eigenvalue weighted by Crippen LogP contribution is 2.31. The predicted molar refractivity (Wildman–Crippen MR) is 73.3 cm³/mol. The molecule has 0 fully saturated rings. The van der Waals surface area contributed by atoms with Crippen molar-refractivity contribution < 1.29 is 23.1 Å². The average molecular weight is 315 g/mol. The number of thiazole rings is 1. The lowest BCUT2D eigenvalue weighted by Gasteiger charge is -2.02. The van der Waals surface area contributed by atoms with Gasteiger partial charge in [0.25, 0.3) is 0 Å². The Morgan fingerprint density at radius 3 is 2.48 bits per heavy atom. The van der Waals surface area contributed by atoms with Crippen molar-refractivity contribution in [1.29, 1.82) is 0 Å². The van der Waals surface area contributed by atoms with Crippen molar-refractivity contribution in [1.82, 2.24) is 4.98 Å². The van der Waals surface area contributed by atoms with Crippen LogP contribution in [0.15, 0.2) is 30.3 Å². The molecule has 0 amide bonds. The molecular formula is C14H12F3NO2S. The number of aryl methyl sites for hydroxylation is 1. The van der Waals surface area contributed by atoms with Crippen LogP contribution in [-0.2, 0) is 17.6 Å². The molecule has 112 valence electrons. The predicted octanol–water partition coefficient (Wildman–Crippen LogP) is 3.93. The van der Waals surface area contributed by atoms with Crippen LogP contribution >= 0.6 is 11.3 Å². The van der Waals surface area contributed by atoms with Crippen LogP contribution in [0.25, 0.3) is 11.3 Å². The maximum Gasteiger partial charge on any atom is 0.389 e. The molecule has 1 heterocycles. The number of rotatable bonds is 5. The Labute approximate surface area is 123 Å². The summed E-state index contributed by atoms with van der Waals surface area (Å²) < 4.78 is 36.8. The van der Waals surface area contributed by atoms with Crippen LogP contribution in [0.2, 0.25) is 0 Å². The highest BCUT2D eigenvalue weighted by molar-refractivity contribution is 7.12.